The van der Waals surface area contributed by atoms with Gasteiger partial charge in [0.25, 0.3) is 11.5 Å². The molecule has 0 bridgehead atoms. The summed E-state index contributed by atoms with van der Waals surface area (Å²) in [5.74, 6) is -0.569. The van der Waals surface area contributed by atoms with E-state index in [1.807, 2.05) is 0 Å². The first-order valence-corrected chi connectivity index (χ1v) is 8.81. The summed E-state index contributed by atoms with van der Waals surface area (Å²) in [5.41, 5.74) is 0.816. The smallest absolute Gasteiger partial charge is 0.330 e. The average Bonchev–Trinajstić information content (AvgIpc) is 2.66. The van der Waals surface area contributed by atoms with Crippen LogP contribution in [-0.4, -0.2) is 51.0 Å². The summed E-state index contributed by atoms with van der Waals surface area (Å²) in [4.78, 5) is 40.2. The maximum Gasteiger partial charge on any atom is 0.330 e. The first-order valence-electron chi connectivity index (χ1n) is 8.81. The van der Waals surface area contributed by atoms with Crippen molar-refractivity contribution in [3.05, 3.63) is 67.7 Å². The van der Waals surface area contributed by atoms with E-state index in [4.69, 9.17) is 0 Å². The van der Waals surface area contributed by atoms with Crippen molar-refractivity contribution in [3.63, 3.8) is 0 Å². The van der Waals surface area contributed by atoms with Gasteiger partial charge in [-0.25, -0.2) is 9.18 Å². The van der Waals surface area contributed by atoms with E-state index in [-0.39, 0.29) is 23.0 Å². The predicted octanol–water partition coefficient (Wildman–Crippen LogP) is 0.490. The van der Waals surface area contributed by atoms with Crippen LogP contribution in [0, 0.1) is 12.7 Å². The lowest BCUT2D eigenvalue weighted by Gasteiger charge is -2.35. The summed E-state index contributed by atoms with van der Waals surface area (Å²) in [6.07, 6.45) is 0. The summed E-state index contributed by atoms with van der Waals surface area (Å²) in [6.45, 7) is 4.36. The minimum atomic E-state index is -0.383. The Hall–Kier alpha value is -2.74. The molecule has 0 radical (unpaired) electrons. The van der Waals surface area contributed by atoms with Gasteiger partial charge >= 0.3 is 5.69 Å². The van der Waals surface area contributed by atoms with E-state index in [1.165, 1.54) is 23.7 Å². The molecule has 0 spiro atoms. The number of halogens is 1. The second kappa shape index (κ2) is 7.48. The van der Waals surface area contributed by atoms with Gasteiger partial charge in [0.1, 0.15) is 5.82 Å². The lowest BCUT2D eigenvalue weighted by Crippen LogP contribution is -2.49. The molecule has 8 heteroatoms. The lowest BCUT2D eigenvalue weighted by molar-refractivity contribution is 0.0625. The Bertz CT molecular complexity index is 987. The first kappa shape index (κ1) is 19.0. The van der Waals surface area contributed by atoms with E-state index in [9.17, 15) is 18.8 Å². The average molecular weight is 374 g/mol. The number of aryl methyl sites for hydroxylation is 1. The molecule has 0 N–H and O–H groups in total. The predicted molar refractivity (Wildman–Crippen MR) is 99.2 cm³/mol. The molecule has 1 aliphatic rings. The van der Waals surface area contributed by atoms with Gasteiger partial charge in [-0.3, -0.25) is 23.6 Å². The lowest BCUT2D eigenvalue weighted by atomic mass is 10.1. The Balaban J connectivity index is 1.66. The van der Waals surface area contributed by atoms with Gasteiger partial charge in [-0.2, -0.15) is 0 Å². The van der Waals surface area contributed by atoms with Gasteiger partial charge in [0.2, 0.25) is 0 Å². The van der Waals surface area contributed by atoms with Crippen molar-refractivity contribution in [1.82, 2.24) is 18.9 Å². The van der Waals surface area contributed by atoms with Crippen molar-refractivity contribution >= 4 is 5.91 Å². The third-order valence-corrected chi connectivity index (χ3v) is 5.09. The van der Waals surface area contributed by atoms with E-state index in [0.717, 1.165) is 4.57 Å². The van der Waals surface area contributed by atoms with Gasteiger partial charge in [-0.1, -0.05) is 6.07 Å². The van der Waals surface area contributed by atoms with E-state index < -0.39 is 0 Å². The fraction of sp³-hybridized carbons (Fsp3) is 0.421. The minimum Gasteiger partial charge on any atom is -0.336 e. The van der Waals surface area contributed by atoms with Crippen LogP contribution in [0.1, 0.15) is 21.6 Å². The van der Waals surface area contributed by atoms with E-state index in [1.54, 1.807) is 31.0 Å². The number of carbonyl (C=O) groups excluding carboxylic acids is 1. The Morgan fingerprint density at radius 2 is 1.70 bits per heavy atom. The quantitative estimate of drug-likeness (QED) is 0.784. The summed E-state index contributed by atoms with van der Waals surface area (Å²) >= 11 is 0. The molecule has 0 saturated carbocycles. The van der Waals surface area contributed by atoms with Crippen molar-refractivity contribution < 1.29 is 9.18 Å². The minimum absolute atomic E-state index is 0.186. The highest BCUT2D eigenvalue weighted by Gasteiger charge is 2.23. The van der Waals surface area contributed by atoms with Gasteiger partial charge in [0, 0.05) is 64.1 Å². The number of rotatable bonds is 3. The molecular weight excluding hydrogens is 351 g/mol. The molecule has 0 unspecified atom stereocenters. The topological polar surface area (TPSA) is 67.6 Å². The first-order chi connectivity index (χ1) is 12.8. The number of carbonyl (C=O) groups is 1. The summed E-state index contributed by atoms with van der Waals surface area (Å²) < 4.78 is 16.2. The number of hydrogen-bond donors (Lipinski definition) is 0. The van der Waals surface area contributed by atoms with Crippen LogP contribution in [0.3, 0.4) is 0 Å². The molecule has 1 saturated heterocycles. The highest BCUT2D eigenvalue weighted by molar-refractivity contribution is 5.94. The van der Waals surface area contributed by atoms with Gasteiger partial charge in [0.15, 0.2) is 0 Å². The molecule has 1 aliphatic heterocycles. The molecule has 7 nitrogen and oxygen atoms in total. The van der Waals surface area contributed by atoms with Crippen LogP contribution in [-0.2, 0) is 20.6 Å². The Kier molecular flexibility index (Phi) is 5.27. The zero-order valence-electron chi connectivity index (χ0n) is 15.7. The maximum absolute atomic E-state index is 13.7. The zero-order chi connectivity index (χ0) is 19.7. The number of aromatic nitrogens is 2. The molecule has 1 aromatic heterocycles. The zero-order valence-corrected chi connectivity index (χ0v) is 15.7. The van der Waals surface area contributed by atoms with Crippen LogP contribution >= 0.6 is 0 Å². The van der Waals surface area contributed by atoms with Gasteiger partial charge in [-0.05, 0) is 24.6 Å². The monoisotopic (exact) mass is 374 g/mol. The summed E-state index contributed by atoms with van der Waals surface area (Å²) in [5, 5.41) is 0. The Morgan fingerprint density at radius 3 is 2.33 bits per heavy atom. The van der Waals surface area contributed by atoms with Gasteiger partial charge in [0.05, 0.1) is 0 Å². The van der Waals surface area contributed by atoms with Crippen molar-refractivity contribution in [2.24, 2.45) is 14.1 Å². The number of benzene rings is 1. The van der Waals surface area contributed by atoms with Crippen LogP contribution in [0.5, 0.6) is 0 Å². The van der Waals surface area contributed by atoms with Crippen molar-refractivity contribution in [1.29, 1.82) is 0 Å². The van der Waals surface area contributed by atoms with Crippen LogP contribution in [0.25, 0.3) is 0 Å². The Morgan fingerprint density at radius 1 is 1.04 bits per heavy atom. The van der Waals surface area contributed by atoms with Crippen LogP contribution in [0.15, 0.2) is 33.9 Å². The molecule has 0 aliphatic carbocycles. The highest BCUT2D eigenvalue weighted by Crippen LogP contribution is 2.14. The van der Waals surface area contributed by atoms with Crippen LogP contribution < -0.4 is 11.2 Å². The van der Waals surface area contributed by atoms with Crippen LogP contribution in [0.4, 0.5) is 4.39 Å². The van der Waals surface area contributed by atoms with Crippen molar-refractivity contribution in [3.8, 4) is 0 Å². The van der Waals surface area contributed by atoms with Crippen LogP contribution in [0.2, 0.25) is 0 Å². The normalized spacial score (nSPS) is 15.2. The second-order valence-corrected chi connectivity index (χ2v) is 6.91. The van der Waals surface area contributed by atoms with E-state index >= 15 is 0 Å². The van der Waals surface area contributed by atoms with Gasteiger partial charge < -0.3 is 4.90 Å². The fourth-order valence-electron chi connectivity index (χ4n) is 3.18. The standard InChI is InChI=1S/C19H23FN4O3/c1-13-4-5-14(10-16(13)20)18(26)24-8-6-23(7-9-24)12-15-11-17(25)22(3)19(27)21(15)2/h4-5,10-11H,6-9,12H2,1-3H3. The van der Waals surface area contributed by atoms with Gasteiger partial charge in [-0.15, -0.1) is 0 Å². The Labute approximate surface area is 156 Å². The molecule has 27 heavy (non-hydrogen) atoms. The SMILES string of the molecule is Cc1ccc(C(=O)N2CCN(Cc3cc(=O)n(C)c(=O)n3C)CC2)cc1F. The molecule has 1 aromatic carbocycles. The van der Waals surface area contributed by atoms with E-state index in [2.05, 4.69) is 4.90 Å². The summed E-state index contributed by atoms with van der Waals surface area (Å²) in [6, 6.07) is 5.99. The largest absolute Gasteiger partial charge is 0.336 e. The number of piperazine rings is 1. The number of nitrogens with zero attached hydrogens (tertiary/aromatic N) is 4. The number of hydrogen-bond acceptors (Lipinski definition) is 4. The third-order valence-electron chi connectivity index (χ3n) is 5.09. The molecule has 0 atom stereocenters. The maximum atomic E-state index is 13.7. The molecule has 2 heterocycles. The molecule has 2 aromatic rings. The fourth-order valence-corrected chi connectivity index (χ4v) is 3.18. The summed E-state index contributed by atoms with van der Waals surface area (Å²) in [7, 11) is 3.09. The van der Waals surface area contributed by atoms with E-state index in [0.29, 0.717) is 49.5 Å². The third kappa shape index (κ3) is 3.85. The molecule has 1 fully saturated rings. The highest BCUT2D eigenvalue weighted by atomic mass is 19.1. The van der Waals surface area contributed by atoms with Crippen molar-refractivity contribution in [2.45, 2.75) is 13.5 Å². The molecular formula is C19H23FN4O3. The van der Waals surface area contributed by atoms with Crippen molar-refractivity contribution in [2.75, 3.05) is 26.2 Å². The molecule has 144 valence electrons. The molecule has 3 rings (SSSR count). The second-order valence-electron chi connectivity index (χ2n) is 6.91. The number of amides is 1. The molecule has 1 amide bonds.